The second-order valence-corrected chi connectivity index (χ2v) is 26.4. The van der Waals surface area contributed by atoms with Crippen LogP contribution in [0.3, 0.4) is 0 Å². The van der Waals surface area contributed by atoms with E-state index in [0.717, 1.165) is 112 Å². The van der Waals surface area contributed by atoms with Crippen molar-refractivity contribution in [2.45, 2.75) is 154 Å². The maximum Gasteiger partial charge on any atom is 0.329 e. The molecule has 20 heteroatoms. The van der Waals surface area contributed by atoms with Crippen LogP contribution in [0.5, 0.6) is 0 Å². The first-order chi connectivity index (χ1) is 41.4. The Labute approximate surface area is 501 Å². The minimum atomic E-state index is -0.757. The number of likely N-dealkylation sites (tertiary alicyclic amines) is 3. The van der Waals surface area contributed by atoms with E-state index >= 15 is 9.18 Å². The fourth-order valence-corrected chi connectivity index (χ4v) is 15.5. The van der Waals surface area contributed by atoms with Crippen LogP contribution in [0.15, 0.2) is 65.7 Å². The average molecular weight is 1170 g/mol. The highest BCUT2D eigenvalue weighted by atomic mass is 19.1. The number of piperidine rings is 5. The van der Waals surface area contributed by atoms with E-state index in [1.165, 1.54) is 25.3 Å². The van der Waals surface area contributed by atoms with E-state index < -0.39 is 23.2 Å². The first-order valence-electron chi connectivity index (χ1n) is 31.7. The monoisotopic (exact) mass is 1170 g/mol. The number of benzene rings is 3. The topological polar surface area (TPSA) is 195 Å². The lowest BCUT2D eigenvalue weighted by molar-refractivity contribution is -0.140. The van der Waals surface area contributed by atoms with Gasteiger partial charge in [-0.25, -0.2) is 19.2 Å². The van der Waals surface area contributed by atoms with Gasteiger partial charge < -0.3 is 39.7 Å². The van der Waals surface area contributed by atoms with Crippen LogP contribution >= 0.6 is 0 Å². The van der Waals surface area contributed by atoms with Crippen molar-refractivity contribution in [2.24, 2.45) is 18.9 Å². The SMILES string of the molecule is Cc1cc(F)c(Nc2nc(-c3ccc4c(c3)N(C3CC(N5CCCCC5)C3)C(=O)C43CCN(C(=O)C4CCN(CC5CCN(c6cccc7c6n(C)c(=O)n7[C@@H]6CCC(=O)NC6=O)CC5)CC4)CC3)cc3ncn(C(C)C)c23)cc1C(=O)NC(C)C. The van der Waals surface area contributed by atoms with Gasteiger partial charge >= 0.3 is 5.69 Å². The maximum absolute atomic E-state index is 16.0. The third-order valence-corrected chi connectivity index (χ3v) is 20.3. The van der Waals surface area contributed by atoms with Gasteiger partial charge in [-0.3, -0.25) is 38.4 Å². The van der Waals surface area contributed by atoms with Crippen LogP contribution in [-0.2, 0) is 31.6 Å². The molecule has 13 rings (SSSR count). The average Bonchev–Trinajstić information content (AvgIpc) is 1.63. The van der Waals surface area contributed by atoms with Gasteiger partial charge in [-0.2, -0.15) is 0 Å². The fourth-order valence-electron chi connectivity index (χ4n) is 15.5. The van der Waals surface area contributed by atoms with Gasteiger partial charge in [-0.1, -0.05) is 24.6 Å². The Hall–Kier alpha value is -7.45. The highest BCUT2D eigenvalue weighted by molar-refractivity contribution is 6.10. The van der Waals surface area contributed by atoms with Crippen LogP contribution in [0, 0.1) is 24.6 Å². The number of aromatic nitrogens is 5. The van der Waals surface area contributed by atoms with Gasteiger partial charge in [0.1, 0.15) is 17.4 Å². The zero-order valence-electron chi connectivity index (χ0n) is 50.7. The molecule has 0 unspecified atom stereocenters. The molecule has 454 valence electrons. The van der Waals surface area contributed by atoms with Crippen LogP contribution < -0.4 is 31.4 Å². The molecule has 0 bridgehead atoms. The summed E-state index contributed by atoms with van der Waals surface area (Å²) in [6.45, 7) is 17.3. The summed E-state index contributed by atoms with van der Waals surface area (Å²) in [6, 6.07) is 16.8. The molecule has 6 aromatic rings. The molecule has 6 fully saturated rings. The number of nitrogens with one attached hydrogen (secondary N) is 3. The molecule has 3 N–H and O–H groups in total. The lowest BCUT2D eigenvalue weighted by Crippen LogP contribution is -2.58. The molecule has 9 heterocycles. The molecule has 6 aliphatic heterocycles. The molecule has 86 heavy (non-hydrogen) atoms. The smallest absolute Gasteiger partial charge is 0.329 e. The molecule has 5 amide bonds. The van der Waals surface area contributed by atoms with Crippen molar-refractivity contribution >= 4 is 74.5 Å². The Kier molecular flexibility index (Phi) is 15.4. The Morgan fingerprint density at radius 3 is 2.27 bits per heavy atom. The summed E-state index contributed by atoms with van der Waals surface area (Å²) in [7, 11) is 1.76. The third-order valence-electron chi connectivity index (χ3n) is 20.3. The molecular weight excluding hydrogens is 1090 g/mol. The van der Waals surface area contributed by atoms with Gasteiger partial charge in [0.05, 0.1) is 45.4 Å². The number of para-hydroxylation sites is 1. The number of anilines is 4. The number of imidazole rings is 2. The second-order valence-electron chi connectivity index (χ2n) is 26.4. The number of hydrogen-bond donors (Lipinski definition) is 3. The number of fused-ring (bicyclic) bond motifs is 4. The van der Waals surface area contributed by atoms with Gasteiger partial charge in [-0.15, -0.1) is 0 Å². The molecule has 19 nitrogen and oxygen atoms in total. The number of hydrogen-bond acceptors (Lipinski definition) is 12. The van der Waals surface area contributed by atoms with Crippen molar-refractivity contribution in [3.05, 3.63) is 93.9 Å². The van der Waals surface area contributed by atoms with E-state index in [0.29, 0.717) is 83.5 Å². The van der Waals surface area contributed by atoms with Crippen molar-refractivity contribution < 1.29 is 28.4 Å². The summed E-state index contributed by atoms with van der Waals surface area (Å²) in [5, 5.41) is 8.64. The van der Waals surface area contributed by atoms with E-state index in [1.54, 1.807) is 35.5 Å². The highest BCUT2D eigenvalue weighted by Gasteiger charge is 2.56. The summed E-state index contributed by atoms with van der Waals surface area (Å²) >= 11 is 0. The van der Waals surface area contributed by atoms with E-state index in [4.69, 9.17) is 9.97 Å². The van der Waals surface area contributed by atoms with Crippen LogP contribution in [-0.4, -0.2) is 145 Å². The van der Waals surface area contributed by atoms with Crippen molar-refractivity contribution in [1.29, 1.82) is 0 Å². The fraction of sp³-hybridized carbons (Fsp3) is 0.545. The van der Waals surface area contributed by atoms with E-state index in [9.17, 15) is 24.0 Å². The molecule has 7 aliphatic rings. The van der Waals surface area contributed by atoms with E-state index in [-0.39, 0.29) is 65.5 Å². The molecule has 3 aromatic heterocycles. The Morgan fingerprint density at radius 1 is 0.814 bits per heavy atom. The minimum Gasteiger partial charge on any atom is -0.370 e. The molecule has 1 spiro atoms. The Bertz CT molecular complexity index is 3720. The van der Waals surface area contributed by atoms with Crippen LogP contribution in [0.1, 0.15) is 145 Å². The van der Waals surface area contributed by atoms with E-state index in [2.05, 4.69) is 73.7 Å². The zero-order valence-corrected chi connectivity index (χ0v) is 50.7. The Balaban J connectivity index is 0.689. The normalized spacial score (nSPS) is 22.6. The molecule has 5 saturated heterocycles. The maximum atomic E-state index is 16.0. The number of amides is 5. The molecule has 1 saturated carbocycles. The predicted octanol–water partition coefficient (Wildman–Crippen LogP) is 8.49. The van der Waals surface area contributed by atoms with Gasteiger partial charge in [0.15, 0.2) is 5.82 Å². The molecule has 1 atom stereocenters. The lowest BCUT2D eigenvalue weighted by Gasteiger charge is -2.48. The summed E-state index contributed by atoms with van der Waals surface area (Å²) in [4.78, 5) is 103. The number of halogens is 1. The Morgan fingerprint density at radius 2 is 1.56 bits per heavy atom. The van der Waals surface area contributed by atoms with Crippen molar-refractivity contribution in [3.8, 4) is 11.3 Å². The van der Waals surface area contributed by atoms with Crippen molar-refractivity contribution in [1.82, 2.24) is 49.0 Å². The lowest BCUT2D eigenvalue weighted by atomic mass is 9.73. The minimum absolute atomic E-state index is 0.0191. The van der Waals surface area contributed by atoms with Gasteiger partial charge in [0.25, 0.3) is 5.91 Å². The van der Waals surface area contributed by atoms with Crippen LogP contribution in [0.4, 0.5) is 27.3 Å². The number of pyridine rings is 1. The van der Waals surface area contributed by atoms with E-state index in [1.807, 2.05) is 41.5 Å². The summed E-state index contributed by atoms with van der Waals surface area (Å²) < 4.78 is 21.2. The number of rotatable bonds is 13. The molecule has 1 aliphatic carbocycles. The highest BCUT2D eigenvalue weighted by Crippen LogP contribution is 2.53. The standard InChI is InChI=1S/C66H82FN13O6/c1-39(2)69-61(82)47-35-51(49(67)31-41(47)5)71-60-58-52(68-38-78(58)40(3)4)36-50(70-60)44-13-14-48-56(32-44)79(46-33-45(34-46)75-23-8-7-9-24-75)64(85)66(48)21-29-77(30-22-66)63(84)43-19-25-74(26-20-43)37-42-17-27-76(28-18-42)53-11-10-12-54-59(53)73(6)65(86)80(54)55-15-16-57(81)72-62(55)83/h10-14,31-32,35-36,38-40,42-43,45-46,55H,7-9,15-30,33-34,37H2,1-6H3,(H,69,82)(H,70,71)(H,72,81,83)/t45?,46?,55-/m1/s1. The number of carbonyl (C=O) groups is 5. The van der Waals surface area contributed by atoms with Gasteiger partial charge in [0.2, 0.25) is 23.6 Å². The van der Waals surface area contributed by atoms with Crippen LogP contribution in [0.2, 0.25) is 0 Å². The third kappa shape index (κ3) is 10.3. The molecular formula is C66H82FN13O6. The first-order valence-corrected chi connectivity index (χ1v) is 31.7. The quantitative estimate of drug-likeness (QED) is 0.0935. The number of aryl methyl sites for hydroxylation is 2. The van der Waals surface area contributed by atoms with Crippen molar-refractivity contribution in [3.63, 3.8) is 0 Å². The summed E-state index contributed by atoms with van der Waals surface area (Å²) in [6.07, 6.45) is 12.5. The van der Waals surface area contributed by atoms with Gasteiger partial charge in [-0.05, 0) is 185 Å². The molecule has 0 radical (unpaired) electrons. The predicted molar refractivity (Wildman–Crippen MR) is 330 cm³/mol. The number of imide groups is 1. The number of carbonyl (C=O) groups excluding carboxylic acids is 5. The summed E-state index contributed by atoms with van der Waals surface area (Å²) in [5.74, 6) is -0.348. The number of nitrogens with zero attached hydrogens (tertiary/aromatic N) is 10. The zero-order chi connectivity index (χ0) is 59.9. The van der Waals surface area contributed by atoms with Crippen LogP contribution in [0.25, 0.3) is 33.3 Å². The largest absolute Gasteiger partial charge is 0.370 e. The van der Waals surface area contributed by atoms with Crippen molar-refractivity contribution in [2.75, 3.05) is 74.0 Å². The second kappa shape index (κ2) is 23.0. The van der Waals surface area contributed by atoms with Gasteiger partial charge in [0, 0.05) is 93.1 Å². The first kappa shape index (κ1) is 57.6. The molecule has 3 aromatic carbocycles. The summed E-state index contributed by atoms with van der Waals surface area (Å²) in [5.41, 5.74) is 7.22.